The van der Waals surface area contributed by atoms with Crippen LogP contribution < -0.4 is 5.32 Å². The van der Waals surface area contributed by atoms with Crippen LogP contribution in [0.2, 0.25) is 0 Å². The molecule has 25 heavy (non-hydrogen) atoms. The molecule has 2 aromatic rings. The number of carbonyl (C=O) groups is 1. The third-order valence-electron chi connectivity index (χ3n) is 4.92. The second-order valence-corrected chi connectivity index (χ2v) is 6.65. The second kappa shape index (κ2) is 7.50. The Morgan fingerprint density at radius 2 is 2.04 bits per heavy atom. The Labute approximate surface area is 149 Å². The summed E-state index contributed by atoms with van der Waals surface area (Å²) in [6, 6.07) is 16.3. The van der Waals surface area contributed by atoms with E-state index in [4.69, 9.17) is 0 Å². The summed E-state index contributed by atoms with van der Waals surface area (Å²) in [5, 5.41) is 12.6. The van der Waals surface area contributed by atoms with Crippen LogP contribution in [0.3, 0.4) is 0 Å². The number of nitrogens with zero attached hydrogens (tertiary/aromatic N) is 2. The van der Waals surface area contributed by atoms with Gasteiger partial charge >= 0.3 is 0 Å². The quantitative estimate of drug-likeness (QED) is 0.849. The molecule has 0 radical (unpaired) electrons. The lowest BCUT2D eigenvalue weighted by molar-refractivity contribution is 0.101. The Morgan fingerprint density at radius 3 is 2.76 bits per heavy atom. The Kier molecular flexibility index (Phi) is 5.16. The van der Waals surface area contributed by atoms with Crippen molar-refractivity contribution in [2.45, 2.75) is 32.9 Å². The van der Waals surface area contributed by atoms with Crippen LogP contribution in [0.4, 0.5) is 5.69 Å². The van der Waals surface area contributed by atoms with Crippen molar-refractivity contribution in [1.82, 2.24) is 4.90 Å². The van der Waals surface area contributed by atoms with Crippen LogP contribution in [0.15, 0.2) is 42.5 Å². The van der Waals surface area contributed by atoms with Crippen LogP contribution in [0.5, 0.6) is 0 Å². The molecule has 0 spiro atoms. The highest BCUT2D eigenvalue weighted by Gasteiger charge is 2.20. The molecule has 1 heterocycles. The number of fused-ring (bicyclic) bond motifs is 1. The van der Waals surface area contributed by atoms with Crippen molar-refractivity contribution in [2.24, 2.45) is 0 Å². The minimum Gasteiger partial charge on any atom is -0.382 e. The van der Waals surface area contributed by atoms with E-state index in [9.17, 15) is 10.1 Å². The van der Waals surface area contributed by atoms with Gasteiger partial charge in [-0.3, -0.25) is 9.69 Å². The molecule has 4 nitrogen and oxygen atoms in total. The lowest BCUT2D eigenvalue weighted by Crippen LogP contribution is -2.41. The van der Waals surface area contributed by atoms with Gasteiger partial charge in [0.15, 0.2) is 5.78 Å². The molecule has 1 aliphatic rings. The first-order valence-corrected chi connectivity index (χ1v) is 8.68. The third kappa shape index (κ3) is 3.89. The van der Waals surface area contributed by atoms with E-state index in [1.807, 2.05) is 0 Å². The van der Waals surface area contributed by atoms with Gasteiger partial charge in [0.25, 0.3) is 0 Å². The Balaban J connectivity index is 1.67. The lowest BCUT2D eigenvalue weighted by atomic mass is 9.99. The number of hydrogen-bond donors (Lipinski definition) is 1. The van der Waals surface area contributed by atoms with Crippen molar-refractivity contribution in [3.8, 4) is 6.07 Å². The summed E-state index contributed by atoms with van der Waals surface area (Å²) in [7, 11) is 0. The summed E-state index contributed by atoms with van der Waals surface area (Å²) in [5.74, 6) is 0.00762. The van der Waals surface area contributed by atoms with E-state index in [0.29, 0.717) is 17.2 Å². The van der Waals surface area contributed by atoms with Crippen molar-refractivity contribution >= 4 is 11.5 Å². The third-order valence-corrected chi connectivity index (χ3v) is 4.92. The fraction of sp³-hybridized carbons (Fsp3) is 0.333. The highest BCUT2D eigenvalue weighted by atomic mass is 16.1. The van der Waals surface area contributed by atoms with E-state index in [-0.39, 0.29) is 5.78 Å². The topological polar surface area (TPSA) is 56.1 Å². The minimum atomic E-state index is 0.00762. The predicted molar refractivity (Wildman–Crippen MR) is 99.7 cm³/mol. The van der Waals surface area contributed by atoms with Crippen LogP contribution in [0.1, 0.15) is 40.9 Å². The standard InChI is InChI=1S/C21H23N3O/c1-15(24-10-9-17-5-3-4-6-20(17)14-24)13-23-21-11-18(16(2)25)7-8-19(21)12-22/h3-8,11,15,23H,9-10,13-14H2,1-2H3. The molecule has 4 heteroatoms. The number of rotatable bonds is 5. The maximum absolute atomic E-state index is 11.6. The average Bonchev–Trinajstić information content (AvgIpc) is 2.65. The van der Waals surface area contributed by atoms with Crippen molar-refractivity contribution in [3.05, 3.63) is 64.7 Å². The van der Waals surface area contributed by atoms with Crippen LogP contribution in [-0.2, 0) is 13.0 Å². The van der Waals surface area contributed by atoms with Gasteiger partial charge in [0.2, 0.25) is 0 Å². The number of hydrogen-bond acceptors (Lipinski definition) is 4. The maximum atomic E-state index is 11.6. The molecule has 1 atom stereocenters. The maximum Gasteiger partial charge on any atom is 0.159 e. The van der Waals surface area contributed by atoms with Gasteiger partial charge in [0.1, 0.15) is 6.07 Å². The second-order valence-electron chi connectivity index (χ2n) is 6.65. The van der Waals surface area contributed by atoms with Crippen molar-refractivity contribution in [1.29, 1.82) is 5.26 Å². The van der Waals surface area contributed by atoms with Gasteiger partial charge in [-0.25, -0.2) is 0 Å². The molecule has 1 aliphatic heterocycles. The zero-order valence-electron chi connectivity index (χ0n) is 14.7. The first-order valence-electron chi connectivity index (χ1n) is 8.68. The summed E-state index contributed by atoms with van der Waals surface area (Å²) >= 11 is 0. The van der Waals surface area contributed by atoms with E-state index in [2.05, 4.69) is 47.5 Å². The van der Waals surface area contributed by atoms with Crippen molar-refractivity contribution in [2.75, 3.05) is 18.4 Å². The monoisotopic (exact) mass is 333 g/mol. The van der Waals surface area contributed by atoms with Gasteiger partial charge in [0.05, 0.1) is 11.3 Å². The highest BCUT2D eigenvalue weighted by molar-refractivity contribution is 5.95. The average molecular weight is 333 g/mol. The summed E-state index contributed by atoms with van der Waals surface area (Å²) < 4.78 is 0. The molecule has 1 N–H and O–H groups in total. The van der Waals surface area contributed by atoms with Crippen molar-refractivity contribution in [3.63, 3.8) is 0 Å². The number of carbonyl (C=O) groups excluding carboxylic acids is 1. The van der Waals surface area contributed by atoms with E-state index in [0.717, 1.165) is 31.7 Å². The normalized spacial score (nSPS) is 15.1. The van der Waals surface area contributed by atoms with Crippen LogP contribution >= 0.6 is 0 Å². The summed E-state index contributed by atoms with van der Waals surface area (Å²) in [6.45, 7) is 6.47. The van der Waals surface area contributed by atoms with E-state index in [1.54, 1.807) is 25.1 Å². The number of Topliss-reactive ketones (excluding diaryl/α,β-unsaturated/α-hetero) is 1. The van der Waals surface area contributed by atoms with Crippen molar-refractivity contribution < 1.29 is 4.79 Å². The van der Waals surface area contributed by atoms with E-state index < -0.39 is 0 Å². The van der Waals surface area contributed by atoms with Gasteiger partial charge in [0, 0.05) is 31.2 Å². The molecule has 3 rings (SSSR count). The summed E-state index contributed by atoms with van der Waals surface area (Å²) in [5.41, 5.74) is 4.78. The number of anilines is 1. The number of ketones is 1. The lowest BCUT2D eigenvalue weighted by Gasteiger charge is -2.34. The largest absolute Gasteiger partial charge is 0.382 e. The zero-order chi connectivity index (χ0) is 17.8. The van der Waals surface area contributed by atoms with Gasteiger partial charge in [-0.15, -0.1) is 0 Å². The first-order chi connectivity index (χ1) is 12.1. The number of nitriles is 1. The molecule has 2 aromatic carbocycles. The molecule has 0 saturated carbocycles. The van der Waals surface area contributed by atoms with Crippen LogP contribution in [-0.4, -0.2) is 29.8 Å². The Hall–Kier alpha value is -2.64. The SMILES string of the molecule is CC(=O)c1ccc(C#N)c(NCC(C)N2CCc3ccccc3C2)c1. The molecule has 0 aliphatic carbocycles. The van der Waals surface area contributed by atoms with Gasteiger partial charge < -0.3 is 5.32 Å². The molecule has 0 aromatic heterocycles. The molecule has 0 bridgehead atoms. The van der Waals surface area contributed by atoms with Gasteiger partial charge in [-0.1, -0.05) is 24.3 Å². The first kappa shape index (κ1) is 17.2. The fourth-order valence-electron chi connectivity index (χ4n) is 3.29. The molecule has 0 saturated heterocycles. The molecule has 0 amide bonds. The fourth-order valence-corrected chi connectivity index (χ4v) is 3.29. The minimum absolute atomic E-state index is 0.00762. The van der Waals surface area contributed by atoms with E-state index >= 15 is 0 Å². The smallest absolute Gasteiger partial charge is 0.159 e. The highest BCUT2D eigenvalue weighted by Crippen LogP contribution is 2.22. The molecule has 128 valence electrons. The Bertz CT molecular complexity index is 822. The van der Waals surface area contributed by atoms with Gasteiger partial charge in [-0.05, 0) is 49.6 Å². The van der Waals surface area contributed by atoms with E-state index in [1.165, 1.54) is 11.1 Å². The zero-order valence-corrected chi connectivity index (χ0v) is 14.7. The van der Waals surface area contributed by atoms with Gasteiger partial charge in [-0.2, -0.15) is 5.26 Å². The Morgan fingerprint density at radius 1 is 1.28 bits per heavy atom. The van der Waals surface area contributed by atoms with Crippen LogP contribution in [0.25, 0.3) is 0 Å². The predicted octanol–water partition coefficient (Wildman–Crippen LogP) is 3.62. The van der Waals surface area contributed by atoms with Crippen LogP contribution in [0, 0.1) is 11.3 Å². The molecule has 0 fully saturated rings. The number of benzene rings is 2. The molecular weight excluding hydrogens is 310 g/mol. The molecule has 1 unspecified atom stereocenters. The molecular formula is C21H23N3O. The summed E-state index contributed by atoms with van der Waals surface area (Å²) in [6.07, 6.45) is 1.07. The summed E-state index contributed by atoms with van der Waals surface area (Å²) in [4.78, 5) is 14.0. The number of nitrogens with one attached hydrogen (secondary N) is 1.